The van der Waals surface area contributed by atoms with Crippen molar-refractivity contribution in [3.63, 3.8) is 0 Å². The molecule has 0 aromatic carbocycles. The van der Waals surface area contributed by atoms with E-state index in [0.29, 0.717) is 18.0 Å². The van der Waals surface area contributed by atoms with E-state index in [4.69, 9.17) is 4.74 Å². The summed E-state index contributed by atoms with van der Waals surface area (Å²) in [5, 5.41) is 1.03. The molecule has 0 spiro atoms. The number of hydrogen-bond acceptors (Lipinski definition) is 4. The summed E-state index contributed by atoms with van der Waals surface area (Å²) in [5.41, 5.74) is 2.76. The van der Waals surface area contributed by atoms with Crippen molar-refractivity contribution >= 4 is 16.9 Å². The second-order valence-corrected chi connectivity index (χ2v) is 3.89. The van der Waals surface area contributed by atoms with Gasteiger partial charge in [-0.15, -0.1) is 0 Å². The molecule has 1 aromatic rings. The monoisotopic (exact) mass is 241 g/mol. The Kier molecular flexibility index (Phi) is 2.44. The highest BCUT2D eigenvalue weighted by molar-refractivity contribution is 5.97. The fraction of sp³-hybridized carbons (Fsp3) is 0.154. The van der Waals surface area contributed by atoms with Crippen molar-refractivity contribution in [2.75, 3.05) is 6.61 Å². The van der Waals surface area contributed by atoms with E-state index >= 15 is 0 Å². The highest BCUT2D eigenvalue weighted by atomic mass is 16.5. The van der Waals surface area contributed by atoms with Crippen LogP contribution in [0, 0.1) is 0 Å². The third kappa shape index (κ3) is 1.60. The van der Waals surface area contributed by atoms with Gasteiger partial charge in [-0.2, -0.15) is 0 Å². The Morgan fingerprint density at radius 3 is 3.17 bits per heavy atom. The Labute approximate surface area is 103 Å². The van der Waals surface area contributed by atoms with Gasteiger partial charge in [0.05, 0.1) is 24.0 Å². The largest absolute Gasteiger partial charge is 0.461 e. The minimum atomic E-state index is -0.410. The van der Waals surface area contributed by atoms with Crippen LogP contribution in [0.15, 0.2) is 30.7 Å². The number of esters is 1. The molecule has 0 aliphatic carbocycles. The predicted octanol–water partition coefficient (Wildman–Crippen LogP) is 2.24. The molecule has 0 amide bonds. The van der Waals surface area contributed by atoms with Gasteiger partial charge in [0.1, 0.15) is 0 Å². The van der Waals surface area contributed by atoms with Crippen molar-refractivity contribution in [1.82, 2.24) is 15.0 Å². The van der Waals surface area contributed by atoms with E-state index in [-0.39, 0.29) is 0 Å². The number of fused-ring (bicyclic) bond motifs is 2. The molecule has 0 unspecified atom stereocenters. The molecule has 2 aliphatic heterocycles. The van der Waals surface area contributed by atoms with Crippen molar-refractivity contribution in [2.45, 2.75) is 6.92 Å². The molecule has 90 valence electrons. The van der Waals surface area contributed by atoms with Crippen LogP contribution in [0.2, 0.25) is 0 Å². The van der Waals surface area contributed by atoms with Crippen LogP contribution in [0.1, 0.15) is 17.4 Å². The Hall–Kier alpha value is -2.43. The molecule has 18 heavy (non-hydrogen) atoms. The third-order valence-electron chi connectivity index (χ3n) is 2.75. The lowest BCUT2D eigenvalue weighted by atomic mass is 10.1. The van der Waals surface area contributed by atoms with Crippen LogP contribution < -0.4 is 0 Å². The van der Waals surface area contributed by atoms with Crippen molar-refractivity contribution in [3.8, 4) is 11.3 Å². The first kappa shape index (κ1) is 10.7. The van der Waals surface area contributed by atoms with Crippen LogP contribution in [-0.2, 0) is 4.74 Å². The number of nitrogens with zero attached hydrogens (tertiary/aromatic N) is 2. The standard InChI is InChI=1S/C13H11N3O2/c1-2-18-13(17)12-11-9(6-15-12)5-8-3-4-14-7-10(8)16-11/h3-7,16H,2H2,1H3. The highest BCUT2D eigenvalue weighted by Gasteiger charge is 2.20. The van der Waals surface area contributed by atoms with Crippen LogP contribution in [0.3, 0.4) is 0 Å². The van der Waals surface area contributed by atoms with Gasteiger partial charge in [-0.3, -0.25) is 4.98 Å². The molecule has 0 fully saturated rings. The number of rotatable bonds is 2. The summed E-state index contributed by atoms with van der Waals surface area (Å²) in [7, 11) is 0. The Balaban J connectivity index is 2.20. The van der Waals surface area contributed by atoms with E-state index in [1.165, 1.54) is 0 Å². The van der Waals surface area contributed by atoms with Crippen molar-refractivity contribution in [2.24, 2.45) is 0 Å². The highest BCUT2D eigenvalue weighted by Crippen LogP contribution is 2.27. The number of hydrogen-bond donors (Lipinski definition) is 1. The number of carbonyl (C=O) groups excluding carboxylic acids is 1. The summed E-state index contributed by atoms with van der Waals surface area (Å²) in [6.07, 6.45) is 5.11. The minimum absolute atomic E-state index is 0.317. The molecule has 3 heterocycles. The van der Waals surface area contributed by atoms with Crippen LogP contribution >= 0.6 is 0 Å². The lowest BCUT2D eigenvalue weighted by molar-refractivity contribution is 0.0521. The second-order valence-electron chi connectivity index (χ2n) is 3.89. The molecule has 0 saturated carbocycles. The Morgan fingerprint density at radius 1 is 1.44 bits per heavy atom. The van der Waals surface area contributed by atoms with Gasteiger partial charge in [0.15, 0.2) is 5.69 Å². The zero-order valence-electron chi connectivity index (χ0n) is 9.80. The van der Waals surface area contributed by atoms with Crippen molar-refractivity contribution in [1.29, 1.82) is 0 Å². The average Bonchev–Trinajstić information content (AvgIpc) is 2.79. The molecule has 5 heteroatoms. The van der Waals surface area contributed by atoms with Gasteiger partial charge in [-0.05, 0) is 19.1 Å². The summed E-state index contributed by atoms with van der Waals surface area (Å²) in [4.78, 5) is 23.1. The number of nitrogens with one attached hydrogen (secondary N) is 1. The van der Waals surface area contributed by atoms with E-state index in [0.717, 1.165) is 16.5 Å². The maximum atomic E-state index is 11.7. The van der Waals surface area contributed by atoms with Crippen LogP contribution in [0.5, 0.6) is 0 Å². The first-order valence-electron chi connectivity index (χ1n) is 5.68. The van der Waals surface area contributed by atoms with Gasteiger partial charge in [-0.1, -0.05) is 0 Å². The van der Waals surface area contributed by atoms with Crippen LogP contribution in [0.4, 0.5) is 0 Å². The first-order chi connectivity index (χ1) is 8.79. The Bertz CT molecular complexity index is 690. The van der Waals surface area contributed by atoms with E-state index in [1.54, 1.807) is 25.5 Å². The van der Waals surface area contributed by atoms with E-state index < -0.39 is 5.97 Å². The maximum Gasteiger partial charge on any atom is 0.359 e. The van der Waals surface area contributed by atoms with Crippen molar-refractivity contribution < 1.29 is 9.53 Å². The predicted molar refractivity (Wildman–Crippen MR) is 66.5 cm³/mol. The number of carbonyl (C=O) groups is 1. The van der Waals surface area contributed by atoms with Crippen LogP contribution in [0.25, 0.3) is 22.2 Å². The van der Waals surface area contributed by atoms with Gasteiger partial charge < -0.3 is 9.72 Å². The second kappa shape index (κ2) is 4.10. The zero-order chi connectivity index (χ0) is 12.5. The van der Waals surface area contributed by atoms with Gasteiger partial charge in [-0.25, -0.2) is 9.78 Å². The average molecular weight is 241 g/mol. The number of H-pyrrole nitrogens is 1. The summed E-state index contributed by atoms with van der Waals surface area (Å²) >= 11 is 0. The van der Waals surface area contributed by atoms with E-state index in [1.807, 2.05) is 12.1 Å². The lowest BCUT2D eigenvalue weighted by Crippen LogP contribution is -2.06. The first-order valence-corrected chi connectivity index (χ1v) is 5.68. The lowest BCUT2D eigenvalue weighted by Gasteiger charge is -2.05. The summed E-state index contributed by atoms with van der Waals surface area (Å²) in [5.74, 6) is -0.410. The number of aromatic amines is 1. The molecular formula is C13H11N3O2. The topological polar surface area (TPSA) is 67.9 Å². The molecule has 3 rings (SSSR count). The van der Waals surface area contributed by atoms with Gasteiger partial charge in [0.2, 0.25) is 0 Å². The molecule has 1 N–H and O–H groups in total. The molecule has 0 atom stereocenters. The quantitative estimate of drug-likeness (QED) is 0.698. The van der Waals surface area contributed by atoms with Gasteiger partial charge >= 0.3 is 5.97 Å². The molecule has 1 aromatic heterocycles. The number of pyridine rings is 2. The maximum absolute atomic E-state index is 11.7. The molecular weight excluding hydrogens is 230 g/mol. The van der Waals surface area contributed by atoms with Crippen molar-refractivity contribution in [3.05, 3.63) is 36.4 Å². The normalized spacial score (nSPS) is 10.9. The SMILES string of the molecule is CCOC(=O)c1ncc2cc3ccncc3[nH]c1-2. The van der Waals surface area contributed by atoms with E-state index in [2.05, 4.69) is 15.0 Å². The van der Waals surface area contributed by atoms with Gasteiger partial charge in [0, 0.05) is 23.3 Å². The minimum Gasteiger partial charge on any atom is -0.461 e. The summed E-state index contributed by atoms with van der Waals surface area (Å²) in [6, 6.07) is 3.88. The Morgan fingerprint density at radius 2 is 2.33 bits per heavy atom. The number of ether oxygens (including phenoxy) is 1. The molecule has 2 aliphatic rings. The van der Waals surface area contributed by atoms with E-state index in [9.17, 15) is 4.79 Å². The van der Waals surface area contributed by atoms with Gasteiger partial charge in [0.25, 0.3) is 0 Å². The molecule has 0 radical (unpaired) electrons. The summed E-state index contributed by atoms with van der Waals surface area (Å²) in [6.45, 7) is 2.11. The fourth-order valence-corrected chi connectivity index (χ4v) is 1.93. The fourth-order valence-electron chi connectivity index (χ4n) is 1.93. The third-order valence-corrected chi connectivity index (χ3v) is 2.75. The smallest absolute Gasteiger partial charge is 0.359 e. The summed E-state index contributed by atoms with van der Waals surface area (Å²) < 4.78 is 4.97. The molecule has 0 saturated heterocycles. The molecule has 5 nitrogen and oxygen atoms in total. The molecule has 0 bridgehead atoms. The van der Waals surface area contributed by atoms with Crippen LogP contribution in [-0.4, -0.2) is 27.5 Å². The zero-order valence-corrected chi connectivity index (χ0v) is 9.80. The number of aromatic nitrogens is 3.